The number of rotatable bonds is 1. The summed E-state index contributed by atoms with van der Waals surface area (Å²) in [7, 11) is 0. The van der Waals surface area contributed by atoms with Crippen molar-refractivity contribution < 1.29 is 9.53 Å². The maximum Gasteiger partial charge on any atom is 0.413 e. The van der Waals surface area contributed by atoms with Crippen molar-refractivity contribution in [2.75, 3.05) is 6.54 Å². The molecule has 1 saturated heterocycles. The number of ether oxygens (including phenoxy) is 1. The van der Waals surface area contributed by atoms with E-state index in [0.29, 0.717) is 11.6 Å². The lowest BCUT2D eigenvalue weighted by Gasteiger charge is -2.36. The van der Waals surface area contributed by atoms with Crippen LogP contribution in [0.15, 0.2) is 23.2 Å². The van der Waals surface area contributed by atoms with Crippen molar-refractivity contribution in [1.29, 1.82) is 5.26 Å². The predicted octanol–water partition coefficient (Wildman–Crippen LogP) is 4.18. The van der Waals surface area contributed by atoms with Crippen molar-refractivity contribution >= 4 is 23.9 Å². The fourth-order valence-electron chi connectivity index (χ4n) is 3.57. The van der Waals surface area contributed by atoms with Gasteiger partial charge in [0.25, 0.3) is 5.72 Å². The van der Waals surface area contributed by atoms with Crippen LogP contribution >= 0.6 is 11.6 Å². The number of halogens is 1. The highest BCUT2D eigenvalue weighted by Crippen LogP contribution is 2.35. The molecular formula is C19H22ClN3O2. The van der Waals surface area contributed by atoms with Crippen molar-refractivity contribution in [1.82, 2.24) is 4.90 Å². The molecule has 2 aliphatic rings. The summed E-state index contributed by atoms with van der Waals surface area (Å²) in [6.45, 7) is 6.99. The number of hydrogen-bond donors (Lipinski definition) is 0. The Morgan fingerprint density at radius 3 is 2.92 bits per heavy atom. The maximum atomic E-state index is 12.8. The van der Waals surface area contributed by atoms with Crippen molar-refractivity contribution in [2.24, 2.45) is 10.4 Å². The molecule has 0 aromatic heterocycles. The molecule has 1 fully saturated rings. The first-order chi connectivity index (χ1) is 11.7. The number of likely N-dealkylation sites (tertiary alicyclic amines) is 1. The van der Waals surface area contributed by atoms with Crippen LogP contribution < -0.4 is 0 Å². The summed E-state index contributed by atoms with van der Waals surface area (Å²) in [6.07, 6.45) is 3.22. The first-order valence-electron chi connectivity index (χ1n) is 8.49. The Bertz CT molecular complexity index is 763. The zero-order valence-electron chi connectivity index (χ0n) is 14.8. The Kier molecular flexibility index (Phi) is 4.51. The fourth-order valence-corrected chi connectivity index (χ4v) is 3.75. The molecule has 1 amide bonds. The van der Waals surface area contributed by atoms with Crippen LogP contribution in [-0.2, 0) is 11.2 Å². The SMILES string of the molecule is CC(C)(C)C1CCCN1C(=O)OC1(C#N)Cc2ccc(Cl)cc2C=N1. The van der Waals surface area contributed by atoms with E-state index in [4.69, 9.17) is 16.3 Å². The third-order valence-electron chi connectivity index (χ3n) is 4.87. The van der Waals surface area contributed by atoms with E-state index in [0.717, 1.165) is 24.0 Å². The second-order valence-corrected chi connectivity index (χ2v) is 8.20. The van der Waals surface area contributed by atoms with Crippen LogP contribution in [0.4, 0.5) is 4.79 Å². The van der Waals surface area contributed by atoms with E-state index in [1.165, 1.54) is 0 Å². The van der Waals surface area contributed by atoms with Gasteiger partial charge in [-0.05, 0) is 41.5 Å². The van der Waals surface area contributed by atoms with Crippen LogP contribution in [0.2, 0.25) is 5.02 Å². The fraction of sp³-hybridized carbons (Fsp3) is 0.526. The lowest BCUT2D eigenvalue weighted by atomic mass is 9.85. The van der Waals surface area contributed by atoms with Gasteiger partial charge >= 0.3 is 6.09 Å². The molecular weight excluding hydrogens is 338 g/mol. The van der Waals surface area contributed by atoms with Gasteiger partial charge in [-0.25, -0.2) is 9.79 Å². The molecule has 2 unspecified atom stereocenters. The van der Waals surface area contributed by atoms with Crippen molar-refractivity contribution in [3.63, 3.8) is 0 Å². The molecule has 0 radical (unpaired) electrons. The molecule has 132 valence electrons. The van der Waals surface area contributed by atoms with E-state index in [2.05, 4.69) is 31.8 Å². The van der Waals surface area contributed by atoms with Crippen LogP contribution in [0.1, 0.15) is 44.7 Å². The second-order valence-electron chi connectivity index (χ2n) is 7.76. The minimum Gasteiger partial charge on any atom is -0.406 e. The van der Waals surface area contributed by atoms with Crippen LogP contribution in [0.3, 0.4) is 0 Å². The zero-order valence-corrected chi connectivity index (χ0v) is 15.5. The summed E-state index contributed by atoms with van der Waals surface area (Å²) < 4.78 is 5.62. The molecule has 5 nitrogen and oxygen atoms in total. The second kappa shape index (κ2) is 6.34. The molecule has 1 aromatic rings. The topological polar surface area (TPSA) is 65.7 Å². The Hall–Kier alpha value is -2.06. The lowest BCUT2D eigenvalue weighted by Crippen LogP contribution is -2.47. The van der Waals surface area contributed by atoms with Gasteiger partial charge in [-0.2, -0.15) is 5.26 Å². The summed E-state index contributed by atoms with van der Waals surface area (Å²) in [5.41, 5.74) is 0.197. The van der Waals surface area contributed by atoms with Gasteiger partial charge in [-0.3, -0.25) is 0 Å². The van der Waals surface area contributed by atoms with E-state index in [9.17, 15) is 10.1 Å². The zero-order chi connectivity index (χ0) is 18.2. The van der Waals surface area contributed by atoms with Crippen LogP contribution in [0, 0.1) is 16.7 Å². The van der Waals surface area contributed by atoms with Crippen molar-refractivity contribution in [3.8, 4) is 6.07 Å². The summed E-state index contributed by atoms with van der Waals surface area (Å²) in [4.78, 5) is 18.7. The molecule has 0 N–H and O–H groups in total. The van der Waals surface area contributed by atoms with Crippen molar-refractivity contribution in [2.45, 2.75) is 51.8 Å². The van der Waals surface area contributed by atoms with Gasteiger partial charge in [0.15, 0.2) is 0 Å². The molecule has 25 heavy (non-hydrogen) atoms. The molecule has 6 heteroatoms. The third-order valence-corrected chi connectivity index (χ3v) is 5.10. The molecule has 0 bridgehead atoms. The van der Waals surface area contributed by atoms with Gasteiger partial charge < -0.3 is 9.64 Å². The largest absolute Gasteiger partial charge is 0.413 e. The summed E-state index contributed by atoms with van der Waals surface area (Å²) >= 11 is 5.99. The average Bonchev–Trinajstić information content (AvgIpc) is 3.05. The lowest BCUT2D eigenvalue weighted by molar-refractivity contribution is 0.0163. The average molecular weight is 360 g/mol. The number of nitrogens with zero attached hydrogens (tertiary/aromatic N) is 3. The van der Waals surface area contributed by atoms with Gasteiger partial charge in [0, 0.05) is 30.2 Å². The minimum atomic E-state index is -1.51. The minimum absolute atomic E-state index is 0.0332. The number of hydrogen-bond acceptors (Lipinski definition) is 4. The predicted molar refractivity (Wildman–Crippen MR) is 96.8 cm³/mol. The highest BCUT2D eigenvalue weighted by molar-refractivity contribution is 6.30. The number of carbonyl (C=O) groups excluding carboxylic acids is 1. The monoisotopic (exact) mass is 359 g/mol. The number of benzene rings is 1. The molecule has 2 aliphatic heterocycles. The standard InChI is InChI=1S/C19H22ClN3O2/c1-18(2,3)16-5-4-8-23(16)17(24)25-19(12-21)10-13-6-7-15(20)9-14(13)11-22-19/h6-7,9,11,16H,4-5,8,10H2,1-3H3. The Balaban J connectivity index is 1.81. The van der Waals surface area contributed by atoms with E-state index < -0.39 is 11.8 Å². The van der Waals surface area contributed by atoms with Crippen LogP contribution in [0.25, 0.3) is 0 Å². The Morgan fingerprint density at radius 1 is 1.48 bits per heavy atom. The first-order valence-corrected chi connectivity index (χ1v) is 8.86. The summed E-state index contributed by atoms with van der Waals surface area (Å²) in [5.74, 6) is 0. The van der Waals surface area contributed by atoms with Crippen LogP contribution in [0.5, 0.6) is 0 Å². The maximum absolute atomic E-state index is 12.8. The van der Waals surface area contributed by atoms with Gasteiger partial charge in [0.1, 0.15) is 6.07 Å². The van der Waals surface area contributed by atoms with E-state index >= 15 is 0 Å². The number of carbonyl (C=O) groups is 1. The molecule has 0 spiro atoms. The number of nitriles is 1. The molecule has 2 atom stereocenters. The summed E-state index contributed by atoms with van der Waals surface area (Å²) in [6, 6.07) is 7.58. The Labute approximate surface area is 153 Å². The normalized spacial score (nSPS) is 25.4. The molecule has 0 saturated carbocycles. The van der Waals surface area contributed by atoms with E-state index in [1.807, 2.05) is 6.07 Å². The first kappa shape index (κ1) is 17.8. The molecule has 0 aliphatic carbocycles. The number of aliphatic imine (C=N–C) groups is 1. The van der Waals surface area contributed by atoms with E-state index in [-0.39, 0.29) is 17.9 Å². The molecule has 3 rings (SSSR count). The van der Waals surface area contributed by atoms with Gasteiger partial charge in [0.05, 0.1) is 0 Å². The summed E-state index contributed by atoms with van der Waals surface area (Å²) in [5, 5.41) is 10.3. The van der Waals surface area contributed by atoms with Gasteiger partial charge in [0.2, 0.25) is 0 Å². The van der Waals surface area contributed by atoms with Gasteiger partial charge in [-0.15, -0.1) is 0 Å². The van der Waals surface area contributed by atoms with Crippen LogP contribution in [-0.4, -0.2) is 35.5 Å². The van der Waals surface area contributed by atoms with Crippen molar-refractivity contribution in [3.05, 3.63) is 34.3 Å². The Morgan fingerprint density at radius 2 is 2.24 bits per heavy atom. The highest BCUT2D eigenvalue weighted by Gasteiger charge is 2.43. The molecule has 2 heterocycles. The highest BCUT2D eigenvalue weighted by atomic mass is 35.5. The molecule has 1 aromatic carbocycles. The number of fused-ring (bicyclic) bond motifs is 1. The quantitative estimate of drug-likeness (QED) is 0.755. The van der Waals surface area contributed by atoms with Gasteiger partial charge in [-0.1, -0.05) is 38.4 Å². The smallest absolute Gasteiger partial charge is 0.406 e. The third kappa shape index (κ3) is 3.50. The number of amides is 1. The van der Waals surface area contributed by atoms with E-state index in [1.54, 1.807) is 23.2 Å².